The molecule has 25 heavy (non-hydrogen) atoms. The minimum absolute atomic E-state index is 0.310. The molecular weight excluding hydrogens is 308 g/mol. The Hall–Kier alpha value is -0.790. The molecule has 2 heteroatoms. The van der Waals surface area contributed by atoms with Gasteiger partial charge in [0.1, 0.15) is 0 Å². The highest BCUT2D eigenvalue weighted by molar-refractivity contribution is 5.87. The van der Waals surface area contributed by atoms with Crippen molar-refractivity contribution < 1.29 is 9.90 Å². The van der Waals surface area contributed by atoms with Gasteiger partial charge in [-0.15, -0.1) is 0 Å². The van der Waals surface area contributed by atoms with Crippen LogP contribution in [0.25, 0.3) is 0 Å². The number of hydrogen-bond donors (Lipinski definition) is 1. The van der Waals surface area contributed by atoms with E-state index < -0.39 is 5.97 Å². The number of carboxylic acids is 1. The summed E-state index contributed by atoms with van der Waals surface area (Å²) in [5.41, 5.74) is 0.703. The van der Waals surface area contributed by atoms with Crippen molar-refractivity contribution in [1.29, 1.82) is 0 Å². The summed E-state index contributed by atoms with van der Waals surface area (Å²) < 4.78 is 0. The van der Waals surface area contributed by atoms with E-state index in [2.05, 4.69) is 13.8 Å². The lowest BCUT2D eigenvalue weighted by Gasteiger charge is -2.32. The van der Waals surface area contributed by atoms with Gasteiger partial charge in [-0.05, 0) is 55.8 Å². The predicted octanol–water partition coefficient (Wildman–Crippen LogP) is 6.99. The Morgan fingerprint density at radius 2 is 1.28 bits per heavy atom. The molecule has 0 spiro atoms. The van der Waals surface area contributed by atoms with Crippen LogP contribution in [0.2, 0.25) is 0 Å². The molecule has 0 heterocycles. The highest BCUT2D eigenvalue weighted by atomic mass is 16.4. The van der Waals surface area contributed by atoms with Gasteiger partial charge >= 0.3 is 5.97 Å². The minimum atomic E-state index is -0.680. The van der Waals surface area contributed by atoms with Crippen molar-refractivity contribution in [3.8, 4) is 0 Å². The van der Waals surface area contributed by atoms with E-state index in [1.807, 2.05) is 6.08 Å². The Balaban J connectivity index is 1.68. The number of allylic oxidation sites excluding steroid dienone is 1. The number of unbranched alkanes of at least 4 members (excludes halogenated alkanes) is 1. The Labute approximate surface area is 155 Å². The summed E-state index contributed by atoms with van der Waals surface area (Å²) in [6.07, 6.45) is 20.1. The number of hydrogen-bond acceptors (Lipinski definition) is 1. The molecule has 2 nitrogen and oxygen atoms in total. The summed E-state index contributed by atoms with van der Waals surface area (Å²) in [4.78, 5) is 11.5. The number of rotatable bonds is 9. The van der Waals surface area contributed by atoms with Crippen molar-refractivity contribution in [2.24, 2.45) is 23.7 Å². The molecule has 0 unspecified atom stereocenters. The summed E-state index contributed by atoms with van der Waals surface area (Å²) in [5.74, 6) is 2.47. The third kappa shape index (κ3) is 6.79. The fourth-order valence-corrected chi connectivity index (χ4v) is 5.18. The maximum Gasteiger partial charge on any atom is 0.331 e. The van der Waals surface area contributed by atoms with Crippen LogP contribution in [0.3, 0.4) is 0 Å². The Morgan fingerprint density at radius 3 is 1.72 bits per heavy atom. The van der Waals surface area contributed by atoms with E-state index in [1.165, 1.54) is 64.2 Å². The smallest absolute Gasteiger partial charge is 0.331 e. The second-order valence-electron chi connectivity index (χ2n) is 8.72. The first kappa shape index (κ1) is 20.5. The third-order valence-corrected chi connectivity index (χ3v) is 6.83. The van der Waals surface area contributed by atoms with Gasteiger partial charge in [-0.2, -0.15) is 0 Å². The van der Waals surface area contributed by atoms with Gasteiger partial charge in [0.2, 0.25) is 0 Å². The lowest BCUT2D eigenvalue weighted by atomic mass is 9.73. The summed E-state index contributed by atoms with van der Waals surface area (Å²) in [7, 11) is 0. The number of carboxylic acid groups (broad SMARTS) is 1. The lowest BCUT2D eigenvalue weighted by Crippen LogP contribution is -2.21. The average molecular weight is 349 g/mol. The summed E-state index contributed by atoms with van der Waals surface area (Å²) in [6, 6.07) is 0. The maximum atomic E-state index is 11.5. The van der Waals surface area contributed by atoms with Crippen LogP contribution in [0.15, 0.2) is 11.6 Å². The van der Waals surface area contributed by atoms with E-state index in [4.69, 9.17) is 0 Å². The van der Waals surface area contributed by atoms with E-state index in [-0.39, 0.29) is 0 Å². The Kier molecular flexibility index (Phi) is 9.06. The van der Waals surface area contributed by atoms with Crippen molar-refractivity contribution in [2.45, 2.75) is 104 Å². The normalized spacial score (nSPS) is 31.0. The molecule has 0 bridgehead atoms. The van der Waals surface area contributed by atoms with Gasteiger partial charge in [0.25, 0.3) is 0 Å². The first-order chi connectivity index (χ1) is 12.1. The molecule has 2 rings (SSSR count). The maximum absolute atomic E-state index is 11.5. The quantitative estimate of drug-likeness (QED) is 0.456. The van der Waals surface area contributed by atoms with Crippen LogP contribution in [-0.4, -0.2) is 11.1 Å². The van der Waals surface area contributed by atoms with Gasteiger partial charge in [0.05, 0.1) is 0 Å². The minimum Gasteiger partial charge on any atom is -0.478 e. The molecule has 2 aliphatic carbocycles. The van der Waals surface area contributed by atoms with Crippen LogP contribution < -0.4 is 0 Å². The van der Waals surface area contributed by atoms with Gasteiger partial charge < -0.3 is 5.11 Å². The molecule has 2 saturated carbocycles. The van der Waals surface area contributed by atoms with Crippen molar-refractivity contribution in [1.82, 2.24) is 0 Å². The highest BCUT2D eigenvalue weighted by Gasteiger charge is 2.28. The van der Waals surface area contributed by atoms with E-state index in [9.17, 15) is 9.90 Å². The highest BCUT2D eigenvalue weighted by Crippen LogP contribution is 2.39. The van der Waals surface area contributed by atoms with Crippen LogP contribution in [0.4, 0.5) is 0 Å². The Morgan fingerprint density at radius 1 is 0.800 bits per heavy atom. The topological polar surface area (TPSA) is 37.3 Å². The molecule has 2 fully saturated rings. The van der Waals surface area contributed by atoms with Crippen LogP contribution in [0, 0.1) is 23.7 Å². The monoisotopic (exact) mass is 348 g/mol. The molecule has 0 amide bonds. The van der Waals surface area contributed by atoms with E-state index >= 15 is 0 Å². The third-order valence-electron chi connectivity index (χ3n) is 6.83. The molecule has 0 aliphatic heterocycles. The van der Waals surface area contributed by atoms with Gasteiger partial charge in [-0.3, -0.25) is 0 Å². The van der Waals surface area contributed by atoms with Gasteiger partial charge in [-0.1, -0.05) is 77.7 Å². The molecule has 0 aromatic carbocycles. The largest absolute Gasteiger partial charge is 0.478 e. The van der Waals surface area contributed by atoms with Gasteiger partial charge in [0, 0.05) is 5.57 Å². The summed E-state index contributed by atoms with van der Waals surface area (Å²) >= 11 is 0. The molecular formula is C23H40O2. The molecule has 0 aromatic rings. The van der Waals surface area contributed by atoms with E-state index in [0.29, 0.717) is 11.5 Å². The predicted molar refractivity (Wildman–Crippen MR) is 106 cm³/mol. The fourth-order valence-electron chi connectivity index (χ4n) is 5.18. The van der Waals surface area contributed by atoms with Crippen LogP contribution in [0.1, 0.15) is 104 Å². The molecule has 0 atom stereocenters. The molecule has 0 saturated heterocycles. The van der Waals surface area contributed by atoms with Crippen LogP contribution >= 0.6 is 0 Å². The van der Waals surface area contributed by atoms with E-state index in [1.54, 1.807) is 0 Å². The average Bonchev–Trinajstić information content (AvgIpc) is 2.62. The molecule has 1 N–H and O–H groups in total. The van der Waals surface area contributed by atoms with Gasteiger partial charge in [0.15, 0.2) is 0 Å². The molecule has 2 aliphatic rings. The summed E-state index contributed by atoms with van der Waals surface area (Å²) in [6.45, 7) is 4.43. The second-order valence-corrected chi connectivity index (χ2v) is 8.72. The van der Waals surface area contributed by atoms with Crippen molar-refractivity contribution >= 4 is 5.97 Å². The van der Waals surface area contributed by atoms with Crippen LogP contribution in [0.5, 0.6) is 0 Å². The fraction of sp³-hybridized carbons (Fsp3) is 0.870. The zero-order chi connectivity index (χ0) is 18.1. The molecule has 144 valence electrons. The second kappa shape index (κ2) is 11.0. The Bertz CT molecular complexity index is 410. The van der Waals surface area contributed by atoms with Crippen LogP contribution in [-0.2, 0) is 4.79 Å². The zero-order valence-corrected chi connectivity index (χ0v) is 16.6. The SMILES string of the molecule is CCCC=C(C(=O)O)[C@H]1CC[C@H](CC[C@H]2CC[C@H](CCC)CC2)CC1. The first-order valence-electron chi connectivity index (χ1n) is 11.1. The summed E-state index contributed by atoms with van der Waals surface area (Å²) in [5, 5.41) is 9.48. The van der Waals surface area contributed by atoms with Crippen molar-refractivity contribution in [3.05, 3.63) is 11.6 Å². The first-order valence-corrected chi connectivity index (χ1v) is 11.1. The lowest BCUT2D eigenvalue weighted by molar-refractivity contribution is -0.133. The van der Waals surface area contributed by atoms with E-state index in [0.717, 1.165) is 43.4 Å². The van der Waals surface area contributed by atoms with Gasteiger partial charge in [-0.25, -0.2) is 4.79 Å². The molecule has 0 radical (unpaired) electrons. The zero-order valence-electron chi connectivity index (χ0n) is 16.6. The van der Waals surface area contributed by atoms with Crippen molar-refractivity contribution in [2.75, 3.05) is 0 Å². The number of aliphatic carboxylic acids is 1. The number of carbonyl (C=O) groups is 1. The molecule has 0 aromatic heterocycles. The van der Waals surface area contributed by atoms with Crippen molar-refractivity contribution in [3.63, 3.8) is 0 Å². The standard InChI is InChI=1S/C23H40O2/c1-3-5-7-22(23(24)25)21-16-14-20(15-17-21)13-12-19-10-8-18(6-4-2)9-11-19/h7,18-21H,3-6,8-17H2,1-2H3,(H,24,25)/t18-,19-,20-,21-.